The predicted molar refractivity (Wildman–Crippen MR) is 80.8 cm³/mol. The molecule has 4 heteroatoms. The van der Waals surface area contributed by atoms with E-state index in [1.807, 2.05) is 25.7 Å². The maximum Gasteiger partial charge on any atom is 0.410 e. The van der Waals surface area contributed by atoms with Gasteiger partial charge in [-0.15, -0.1) is 0 Å². The van der Waals surface area contributed by atoms with Gasteiger partial charge in [0, 0.05) is 18.1 Å². The van der Waals surface area contributed by atoms with Gasteiger partial charge in [0.1, 0.15) is 5.60 Å². The molecule has 2 aliphatic rings. The van der Waals surface area contributed by atoms with Gasteiger partial charge >= 0.3 is 6.09 Å². The van der Waals surface area contributed by atoms with Gasteiger partial charge in [0.15, 0.2) is 0 Å². The normalized spacial score (nSPS) is 30.8. The second-order valence-corrected chi connectivity index (χ2v) is 7.95. The van der Waals surface area contributed by atoms with Crippen molar-refractivity contribution in [3.05, 3.63) is 0 Å². The quantitative estimate of drug-likeness (QED) is 0.683. The van der Waals surface area contributed by atoms with Gasteiger partial charge in [-0.1, -0.05) is 12.8 Å². The fourth-order valence-corrected chi connectivity index (χ4v) is 3.52. The fraction of sp³-hybridized carbons (Fsp3) is 0.938. The highest BCUT2D eigenvalue weighted by molar-refractivity contribution is 5.69. The first-order valence-corrected chi connectivity index (χ1v) is 7.84. The van der Waals surface area contributed by atoms with E-state index in [1.54, 1.807) is 0 Å². The molecule has 2 atom stereocenters. The second-order valence-electron chi connectivity index (χ2n) is 7.95. The number of ether oxygens (including phenoxy) is 1. The summed E-state index contributed by atoms with van der Waals surface area (Å²) in [5, 5.41) is 0. The van der Waals surface area contributed by atoms with Crippen LogP contribution in [0.1, 0.15) is 60.3 Å². The Morgan fingerprint density at radius 3 is 2.25 bits per heavy atom. The molecule has 1 aliphatic carbocycles. The van der Waals surface area contributed by atoms with Crippen LogP contribution in [0.2, 0.25) is 0 Å². The Balaban J connectivity index is 2.20. The van der Waals surface area contributed by atoms with E-state index in [-0.39, 0.29) is 11.6 Å². The Kier molecular flexibility index (Phi) is 4.07. The highest BCUT2D eigenvalue weighted by Crippen LogP contribution is 2.36. The Morgan fingerprint density at radius 2 is 1.70 bits per heavy atom. The van der Waals surface area contributed by atoms with Gasteiger partial charge in [-0.3, -0.25) is 4.90 Å². The molecule has 1 heterocycles. The van der Waals surface area contributed by atoms with Crippen molar-refractivity contribution in [1.29, 1.82) is 0 Å². The third-order valence-electron chi connectivity index (χ3n) is 4.73. The van der Waals surface area contributed by atoms with Crippen LogP contribution in [0, 0.1) is 0 Å². The lowest BCUT2D eigenvalue weighted by atomic mass is 9.82. The lowest BCUT2D eigenvalue weighted by Crippen LogP contribution is -2.68. The summed E-state index contributed by atoms with van der Waals surface area (Å²) in [6.07, 6.45) is 4.63. The molecule has 0 aromatic heterocycles. The van der Waals surface area contributed by atoms with Gasteiger partial charge in [0.05, 0.1) is 6.04 Å². The highest BCUT2D eigenvalue weighted by Gasteiger charge is 2.47. The Morgan fingerprint density at radius 1 is 1.15 bits per heavy atom. The molecule has 0 spiro atoms. The highest BCUT2D eigenvalue weighted by atomic mass is 16.6. The Labute approximate surface area is 123 Å². The minimum atomic E-state index is -0.422. The molecule has 1 saturated carbocycles. The van der Waals surface area contributed by atoms with Crippen LogP contribution in [0.15, 0.2) is 0 Å². The number of nitrogens with zero attached hydrogens (tertiary/aromatic N) is 2. The van der Waals surface area contributed by atoms with E-state index in [0.29, 0.717) is 12.1 Å². The molecular formula is C16H30N2O2. The Hall–Kier alpha value is -0.770. The van der Waals surface area contributed by atoms with Crippen LogP contribution >= 0.6 is 0 Å². The van der Waals surface area contributed by atoms with Crippen molar-refractivity contribution in [3.63, 3.8) is 0 Å². The molecule has 0 bridgehead atoms. The van der Waals surface area contributed by atoms with Crippen LogP contribution in [-0.2, 0) is 4.74 Å². The predicted octanol–water partition coefficient (Wildman–Crippen LogP) is 3.26. The molecule has 1 saturated heterocycles. The SMILES string of the molecule is CN1[C@H]2CCCC[C@@H]2N(C(=O)OC(C)(C)C)CC1(C)C. The summed E-state index contributed by atoms with van der Waals surface area (Å²) in [5.41, 5.74) is -0.413. The minimum absolute atomic E-state index is 0.00934. The van der Waals surface area contributed by atoms with Crippen molar-refractivity contribution in [2.45, 2.75) is 83.5 Å². The summed E-state index contributed by atoms with van der Waals surface area (Å²) in [6.45, 7) is 11.0. The summed E-state index contributed by atoms with van der Waals surface area (Å²) in [4.78, 5) is 17.0. The molecule has 0 N–H and O–H groups in total. The zero-order chi connectivity index (χ0) is 15.1. The lowest BCUT2D eigenvalue weighted by molar-refractivity contribution is -0.0705. The average Bonchev–Trinajstić information content (AvgIpc) is 2.32. The van der Waals surface area contributed by atoms with Crippen molar-refractivity contribution in [1.82, 2.24) is 9.80 Å². The van der Waals surface area contributed by atoms with Crippen LogP contribution in [0.25, 0.3) is 0 Å². The third kappa shape index (κ3) is 3.11. The molecule has 1 amide bonds. The van der Waals surface area contributed by atoms with E-state index >= 15 is 0 Å². The monoisotopic (exact) mass is 282 g/mol. The van der Waals surface area contributed by atoms with E-state index in [4.69, 9.17) is 4.74 Å². The topological polar surface area (TPSA) is 32.8 Å². The van der Waals surface area contributed by atoms with Gasteiger partial charge in [0.25, 0.3) is 0 Å². The second kappa shape index (κ2) is 5.21. The fourth-order valence-electron chi connectivity index (χ4n) is 3.52. The molecule has 116 valence electrons. The standard InChI is InChI=1S/C16H30N2O2/c1-15(2,3)20-14(19)18-11-16(4,5)17(6)12-9-7-8-10-13(12)18/h12-13H,7-11H2,1-6H3/t12-,13-/m0/s1. The molecule has 20 heavy (non-hydrogen) atoms. The smallest absolute Gasteiger partial charge is 0.410 e. The van der Waals surface area contributed by atoms with Crippen molar-refractivity contribution in [3.8, 4) is 0 Å². The van der Waals surface area contributed by atoms with E-state index in [1.165, 1.54) is 19.3 Å². The number of carbonyl (C=O) groups is 1. The number of fused-ring (bicyclic) bond motifs is 1. The molecule has 2 fully saturated rings. The Bertz CT molecular complexity index is 373. The largest absolute Gasteiger partial charge is 0.444 e. The zero-order valence-electron chi connectivity index (χ0n) is 13.9. The van der Waals surface area contributed by atoms with Gasteiger partial charge < -0.3 is 9.64 Å². The molecule has 0 aromatic rings. The third-order valence-corrected chi connectivity index (χ3v) is 4.73. The molecule has 2 rings (SSSR count). The maximum atomic E-state index is 12.5. The number of amides is 1. The van der Waals surface area contributed by atoms with E-state index in [0.717, 1.165) is 13.0 Å². The molecule has 4 nitrogen and oxygen atoms in total. The number of hydrogen-bond acceptors (Lipinski definition) is 3. The van der Waals surface area contributed by atoms with Crippen LogP contribution in [0.5, 0.6) is 0 Å². The molecule has 0 aromatic carbocycles. The lowest BCUT2D eigenvalue weighted by Gasteiger charge is -2.56. The van der Waals surface area contributed by atoms with Gasteiger partial charge in [-0.2, -0.15) is 0 Å². The first kappa shape index (κ1) is 15.6. The molecule has 0 unspecified atom stereocenters. The van der Waals surface area contributed by atoms with E-state index in [9.17, 15) is 4.79 Å². The number of likely N-dealkylation sites (N-methyl/N-ethyl adjacent to an activating group) is 1. The number of carbonyl (C=O) groups excluding carboxylic acids is 1. The summed E-state index contributed by atoms with van der Waals surface area (Å²) in [7, 11) is 2.20. The van der Waals surface area contributed by atoms with Crippen molar-refractivity contribution < 1.29 is 9.53 Å². The molecule has 0 radical (unpaired) electrons. The van der Waals surface area contributed by atoms with Gasteiger partial charge in [0.2, 0.25) is 0 Å². The molecular weight excluding hydrogens is 252 g/mol. The number of rotatable bonds is 0. The van der Waals surface area contributed by atoms with E-state index < -0.39 is 5.60 Å². The first-order valence-electron chi connectivity index (χ1n) is 7.84. The maximum absolute atomic E-state index is 12.5. The summed E-state index contributed by atoms with van der Waals surface area (Å²) in [5.74, 6) is 0. The van der Waals surface area contributed by atoms with Gasteiger partial charge in [-0.25, -0.2) is 4.79 Å². The zero-order valence-corrected chi connectivity index (χ0v) is 13.9. The molecule has 1 aliphatic heterocycles. The number of piperazine rings is 1. The van der Waals surface area contributed by atoms with Crippen molar-refractivity contribution >= 4 is 6.09 Å². The van der Waals surface area contributed by atoms with Crippen LogP contribution in [0.4, 0.5) is 4.79 Å². The van der Waals surface area contributed by atoms with Crippen LogP contribution in [-0.4, -0.2) is 52.7 Å². The first-order chi connectivity index (χ1) is 9.12. The minimum Gasteiger partial charge on any atom is -0.444 e. The average molecular weight is 282 g/mol. The summed E-state index contributed by atoms with van der Waals surface area (Å²) < 4.78 is 5.62. The van der Waals surface area contributed by atoms with Crippen molar-refractivity contribution in [2.75, 3.05) is 13.6 Å². The van der Waals surface area contributed by atoms with Crippen LogP contribution < -0.4 is 0 Å². The summed E-state index contributed by atoms with van der Waals surface area (Å²) in [6, 6.07) is 0.789. The summed E-state index contributed by atoms with van der Waals surface area (Å²) >= 11 is 0. The van der Waals surface area contributed by atoms with Gasteiger partial charge in [-0.05, 0) is 54.5 Å². The van der Waals surface area contributed by atoms with E-state index in [2.05, 4.69) is 25.8 Å². The van der Waals surface area contributed by atoms with Crippen LogP contribution in [0.3, 0.4) is 0 Å². The number of hydrogen-bond donors (Lipinski definition) is 0. The van der Waals surface area contributed by atoms with Crippen molar-refractivity contribution in [2.24, 2.45) is 0 Å².